The van der Waals surface area contributed by atoms with Crippen molar-refractivity contribution in [3.05, 3.63) is 0 Å². The number of hydrogen-bond donors (Lipinski definition) is 2. The Morgan fingerprint density at radius 3 is 1.80 bits per heavy atom. The molecule has 9 heteroatoms. The Morgan fingerprint density at radius 2 is 1.47 bits per heavy atom. The normalized spacial score (nSPS) is 14.3. The van der Waals surface area contributed by atoms with Gasteiger partial charge in [-0.1, -0.05) is 0 Å². The van der Waals surface area contributed by atoms with E-state index in [1.54, 1.807) is 0 Å². The molecule has 2 N–H and O–H groups in total. The van der Waals surface area contributed by atoms with E-state index in [4.69, 9.17) is 9.79 Å². The number of hydrogen-bond acceptors (Lipinski definition) is 1. The van der Waals surface area contributed by atoms with Crippen LogP contribution < -0.4 is 0 Å². The van der Waals surface area contributed by atoms with Gasteiger partial charge in [-0.15, -0.1) is 0 Å². The summed E-state index contributed by atoms with van der Waals surface area (Å²) in [5, 5.41) is 0. The third-order valence-electron chi connectivity index (χ3n) is 1.60. The van der Waals surface area contributed by atoms with Crippen LogP contribution in [0.4, 0.5) is 22.0 Å². The smallest absolute Gasteiger partial charge is 0.324 e. The molecule has 0 aliphatic heterocycles. The highest BCUT2D eigenvalue weighted by molar-refractivity contribution is 7.51. The van der Waals surface area contributed by atoms with Crippen LogP contribution in [0.2, 0.25) is 0 Å². The summed E-state index contributed by atoms with van der Waals surface area (Å²) in [6.45, 7) is 0. The van der Waals surface area contributed by atoms with Crippen molar-refractivity contribution >= 4 is 7.60 Å². The molecule has 0 saturated heterocycles. The average Bonchev–Trinajstić information content (AvgIpc) is 1.94. The molecule has 3 nitrogen and oxygen atoms in total. The van der Waals surface area contributed by atoms with Crippen LogP contribution in [0, 0.1) is 0 Å². The van der Waals surface area contributed by atoms with E-state index in [0.717, 1.165) is 0 Å². The van der Waals surface area contributed by atoms with E-state index in [1.807, 2.05) is 0 Å². The van der Waals surface area contributed by atoms with Gasteiger partial charge in [0.05, 0.1) is 0 Å². The first-order valence-corrected chi connectivity index (χ1v) is 5.74. The zero-order valence-corrected chi connectivity index (χ0v) is 8.36. The Bertz CT molecular complexity index is 246. The summed E-state index contributed by atoms with van der Waals surface area (Å²) in [6, 6.07) is 0. The second kappa shape index (κ2) is 4.76. The minimum Gasteiger partial charge on any atom is -0.324 e. The molecule has 0 aliphatic rings. The Morgan fingerprint density at radius 1 is 1.00 bits per heavy atom. The number of halogens is 5. The molecule has 0 bridgehead atoms. The van der Waals surface area contributed by atoms with Gasteiger partial charge in [-0.3, -0.25) is 4.57 Å². The Kier molecular flexibility index (Phi) is 4.69. The van der Waals surface area contributed by atoms with Crippen LogP contribution >= 0.6 is 7.60 Å². The summed E-state index contributed by atoms with van der Waals surface area (Å²) in [4.78, 5) is 16.6. The Balaban J connectivity index is 3.92. The quantitative estimate of drug-likeness (QED) is 0.451. The molecule has 0 aromatic heterocycles. The van der Waals surface area contributed by atoms with Crippen molar-refractivity contribution < 1.29 is 36.3 Å². The fraction of sp³-hybridized carbons (Fsp3) is 1.00. The summed E-state index contributed by atoms with van der Waals surface area (Å²) in [5.74, 6) is -4.79. The summed E-state index contributed by atoms with van der Waals surface area (Å²) < 4.78 is 69.5. The molecule has 0 aromatic carbocycles. The Labute approximate surface area is 82.4 Å². The highest BCUT2D eigenvalue weighted by atomic mass is 31.2. The number of alkyl halides is 5. The fourth-order valence-corrected chi connectivity index (χ4v) is 1.44. The van der Waals surface area contributed by atoms with Crippen LogP contribution in [0.25, 0.3) is 0 Å². The van der Waals surface area contributed by atoms with Crippen LogP contribution in [0.15, 0.2) is 0 Å². The van der Waals surface area contributed by atoms with Gasteiger partial charge < -0.3 is 9.79 Å². The second-order valence-electron chi connectivity index (χ2n) is 3.05. The highest BCUT2D eigenvalue weighted by Crippen LogP contribution is 2.40. The van der Waals surface area contributed by atoms with Crippen LogP contribution in [0.5, 0.6) is 0 Å². The summed E-state index contributed by atoms with van der Waals surface area (Å²) >= 11 is 0. The van der Waals surface area contributed by atoms with Gasteiger partial charge in [-0.25, -0.2) is 0 Å². The average molecular weight is 256 g/mol. The summed E-state index contributed by atoms with van der Waals surface area (Å²) in [6.07, 6.45) is -8.68. The first-order chi connectivity index (χ1) is 6.46. The third-order valence-corrected chi connectivity index (χ3v) is 2.50. The van der Waals surface area contributed by atoms with E-state index in [2.05, 4.69) is 0 Å². The molecule has 0 fully saturated rings. The van der Waals surface area contributed by atoms with Crippen molar-refractivity contribution in [3.8, 4) is 0 Å². The molecule has 0 radical (unpaired) electrons. The maximum atomic E-state index is 12.2. The molecule has 0 unspecified atom stereocenters. The van der Waals surface area contributed by atoms with Gasteiger partial charge in [-0.2, -0.15) is 22.0 Å². The van der Waals surface area contributed by atoms with E-state index in [1.165, 1.54) is 0 Å². The predicted molar refractivity (Wildman–Crippen MR) is 41.8 cm³/mol. The van der Waals surface area contributed by atoms with Crippen LogP contribution in [-0.2, 0) is 4.57 Å². The molecule has 92 valence electrons. The van der Waals surface area contributed by atoms with Gasteiger partial charge in [0.15, 0.2) is 0 Å². The molecule has 0 atom stereocenters. The van der Waals surface area contributed by atoms with Gasteiger partial charge >= 0.3 is 19.7 Å². The van der Waals surface area contributed by atoms with Crippen molar-refractivity contribution in [2.45, 2.75) is 31.4 Å². The lowest BCUT2D eigenvalue weighted by atomic mass is 10.1. The molecule has 0 spiro atoms. The zero-order valence-electron chi connectivity index (χ0n) is 7.47. The van der Waals surface area contributed by atoms with Gasteiger partial charge in [-0.05, 0) is 12.8 Å². The zero-order chi connectivity index (χ0) is 12.3. The van der Waals surface area contributed by atoms with Gasteiger partial charge in [0.2, 0.25) is 0 Å². The number of rotatable bonds is 5. The molecule has 0 rings (SSSR count). The van der Waals surface area contributed by atoms with Crippen molar-refractivity contribution in [2.24, 2.45) is 0 Å². The van der Waals surface area contributed by atoms with E-state index in [9.17, 15) is 26.5 Å². The molecule has 15 heavy (non-hydrogen) atoms. The molecule has 0 saturated carbocycles. The van der Waals surface area contributed by atoms with Gasteiger partial charge in [0.1, 0.15) is 0 Å². The molecule has 0 aliphatic carbocycles. The molecule has 0 heterocycles. The van der Waals surface area contributed by atoms with Crippen molar-refractivity contribution in [1.82, 2.24) is 0 Å². The highest BCUT2D eigenvalue weighted by Gasteiger charge is 2.56. The van der Waals surface area contributed by atoms with Crippen LogP contribution in [-0.4, -0.2) is 28.0 Å². The van der Waals surface area contributed by atoms with E-state index in [-0.39, 0.29) is 6.42 Å². The molecular weight excluding hydrogens is 246 g/mol. The monoisotopic (exact) mass is 256 g/mol. The maximum absolute atomic E-state index is 12.2. The number of unbranched alkanes of at least 4 members (excludes halogenated alkanes) is 1. The van der Waals surface area contributed by atoms with Crippen molar-refractivity contribution in [2.75, 3.05) is 6.16 Å². The van der Waals surface area contributed by atoms with Crippen LogP contribution in [0.1, 0.15) is 19.3 Å². The lowest BCUT2D eigenvalue weighted by molar-refractivity contribution is -0.284. The second-order valence-corrected chi connectivity index (χ2v) is 4.82. The third kappa shape index (κ3) is 6.06. The fourth-order valence-electron chi connectivity index (χ4n) is 0.807. The molecule has 0 amide bonds. The lowest BCUT2D eigenvalue weighted by Gasteiger charge is -2.19. The van der Waals surface area contributed by atoms with Crippen molar-refractivity contribution in [1.29, 1.82) is 0 Å². The van der Waals surface area contributed by atoms with E-state index in [0.29, 0.717) is 0 Å². The Hall–Kier alpha value is -0.200. The van der Waals surface area contributed by atoms with Crippen LogP contribution in [0.3, 0.4) is 0 Å². The lowest BCUT2D eigenvalue weighted by Crippen LogP contribution is -2.36. The van der Waals surface area contributed by atoms with Gasteiger partial charge in [0.25, 0.3) is 0 Å². The first kappa shape index (κ1) is 14.8. The minimum absolute atomic E-state index is 0.365. The summed E-state index contributed by atoms with van der Waals surface area (Å²) in [5.41, 5.74) is 0. The predicted octanol–water partition coefficient (Wildman–Crippen LogP) is 2.53. The minimum atomic E-state index is -5.60. The van der Waals surface area contributed by atoms with Crippen molar-refractivity contribution in [3.63, 3.8) is 0 Å². The van der Waals surface area contributed by atoms with Gasteiger partial charge in [0, 0.05) is 12.6 Å². The van der Waals surface area contributed by atoms with E-state index < -0.39 is 38.7 Å². The topological polar surface area (TPSA) is 57.5 Å². The maximum Gasteiger partial charge on any atom is 0.453 e. The standard InChI is InChI=1S/C6H10F5O3P/c7-5(8,6(9,10)11)3-1-2-4-15(12,13)14/h1-4H2,(H2,12,13,14). The molecular formula is C6H10F5O3P. The SMILES string of the molecule is O=P(O)(O)CCCCC(F)(F)C(F)(F)F. The first-order valence-electron chi connectivity index (χ1n) is 3.95. The molecule has 0 aromatic rings. The van der Waals surface area contributed by atoms with E-state index >= 15 is 0 Å². The summed E-state index contributed by atoms with van der Waals surface area (Å²) in [7, 11) is -4.31. The largest absolute Gasteiger partial charge is 0.453 e.